The van der Waals surface area contributed by atoms with Gasteiger partial charge in [0.1, 0.15) is 27.2 Å². The molecule has 25 heavy (non-hydrogen) atoms. The molecular weight excluding hydrogens is 467 g/mol. The summed E-state index contributed by atoms with van der Waals surface area (Å²) in [4.78, 5) is 23.0. The molecule has 0 unspecified atom stereocenters. The number of rotatable bonds is 5. The van der Waals surface area contributed by atoms with Crippen LogP contribution in [0.4, 0.5) is 0 Å². The molecule has 0 spiro atoms. The largest absolute Gasteiger partial charge is 0.744 e. The molecule has 132 valence electrons. The summed E-state index contributed by atoms with van der Waals surface area (Å²) < 4.78 is 42.4. The predicted octanol–water partition coefficient (Wildman–Crippen LogP) is 1.66. The van der Waals surface area contributed by atoms with Gasteiger partial charge in [0.2, 0.25) is 0 Å². The lowest BCUT2D eigenvalue weighted by atomic mass is 10.2. The third kappa shape index (κ3) is 5.14. The summed E-state index contributed by atoms with van der Waals surface area (Å²) in [5, 5.41) is 9.76. The van der Waals surface area contributed by atoms with Crippen LogP contribution >= 0.6 is 22.6 Å². The highest BCUT2D eigenvalue weighted by atomic mass is 127. The highest BCUT2D eigenvalue weighted by Gasteiger charge is 2.16. The smallest absolute Gasteiger partial charge is 0.349 e. The summed E-state index contributed by atoms with van der Waals surface area (Å²) >= 11 is 1.83. The summed E-state index contributed by atoms with van der Waals surface area (Å²) in [6.07, 6.45) is 0. The van der Waals surface area contributed by atoms with Gasteiger partial charge in [0.05, 0.1) is 8.47 Å². The maximum Gasteiger partial charge on any atom is 0.349 e. The highest BCUT2D eigenvalue weighted by molar-refractivity contribution is 14.1. The van der Waals surface area contributed by atoms with Gasteiger partial charge >= 0.3 is 11.9 Å². The number of benzene rings is 2. The first-order valence-electron chi connectivity index (χ1n) is 6.59. The maximum absolute atomic E-state index is 11.8. The molecule has 0 aromatic heterocycles. The van der Waals surface area contributed by atoms with Gasteiger partial charge in [0.25, 0.3) is 0 Å². The van der Waals surface area contributed by atoms with Gasteiger partial charge in [-0.25, -0.2) is 18.0 Å². The van der Waals surface area contributed by atoms with Crippen molar-refractivity contribution in [3.05, 3.63) is 51.6 Å². The zero-order valence-electron chi connectivity index (χ0n) is 12.3. The zero-order valence-corrected chi connectivity index (χ0v) is 15.3. The molecule has 0 atom stereocenters. The molecular formula is C15H10IO8S-. The SMILES string of the molecule is O=C(COC(=O)c1cccc(I)c1O)Oc1ccc(S(=O)(=O)[O-])cc1. The number of phenols is 1. The van der Waals surface area contributed by atoms with Crippen LogP contribution in [0.25, 0.3) is 0 Å². The Morgan fingerprint density at radius 3 is 2.36 bits per heavy atom. The van der Waals surface area contributed by atoms with Crippen molar-refractivity contribution in [2.45, 2.75) is 4.90 Å². The summed E-state index contributed by atoms with van der Waals surface area (Å²) in [5.74, 6) is -2.10. The second-order valence-electron chi connectivity index (χ2n) is 4.61. The van der Waals surface area contributed by atoms with E-state index < -0.39 is 33.6 Å². The number of hydrogen-bond donors (Lipinski definition) is 1. The molecule has 1 N–H and O–H groups in total. The van der Waals surface area contributed by atoms with E-state index in [4.69, 9.17) is 9.47 Å². The molecule has 2 aromatic rings. The lowest BCUT2D eigenvalue weighted by Gasteiger charge is -2.09. The van der Waals surface area contributed by atoms with Crippen molar-refractivity contribution in [1.82, 2.24) is 0 Å². The molecule has 0 amide bonds. The van der Waals surface area contributed by atoms with Crippen LogP contribution < -0.4 is 4.74 Å². The summed E-state index contributed by atoms with van der Waals surface area (Å²) in [6, 6.07) is 8.69. The molecule has 0 saturated heterocycles. The highest BCUT2D eigenvalue weighted by Crippen LogP contribution is 2.24. The standard InChI is InChI=1S/C15H11IO8S/c16-12-3-1-2-11(14(12)18)15(19)23-8-13(17)24-9-4-6-10(7-5-9)25(20,21)22/h1-7,18H,8H2,(H,20,21,22)/p-1. The Kier molecular flexibility index (Phi) is 5.98. The fourth-order valence-corrected chi connectivity index (χ4v) is 2.69. The van der Waals surface area contributed by atoms with Crippen LogP contribution in [0.1, 0.15) is 10.4 Å². The number of halogens is 1. The molecule has 0 aliphatic heterocycles. The molecule has 2 aromatic carbocycles. The van der Waals surface area contributed by atoms with E-state index in [9.17, 15) is 27.7 Å². The van der Waals surface area contributed by atoms with Crippen LogP contribution in [0.3, 0.4) is 0 Å². The van der Waals surface area contributed by atoms with E-state index in [0.717, 1.165) is 24.3 Å². The first kappa shape index (κ1) is 19.1. The second-order valence-corrected chi connectivity index (χ2v) is 7.15. The Labute approximate surface area is 156 Å². The average Bonchev–Trinajstić information content (AvgIpc) is 2.55. The van der Waals surface area contributed by atoms with E-state index in [1.807, 2.05) is 22.6 Å². The molecule has 10 heteroatoms. The van der Waals surface area contributed by atoms with E-state index in [0.29, 0.717) is 3.57 Å². The van der Waals surface area contributed by atoms with Gasteiger partial charge in [-0.2, -0.15) is 0 Å². The van der Waals surface area contributed by atoms with Gasteiger partial charge in [0.15, 0.2) is 6.61 Å². The number of esters is 2. The van der Waals surface area contributed by atoms with Crippen molar-refractivity contribution in [3.8, 4) is 11.5 Å². The van der Waals surface area contributed by atoms with Gasteiger partial charge < -0.3 is 19.1 Å². The van der Waals surface area contributed by atoms with E-state index in [1.54, 1.807) is 12.1 Å². The van der Waals surface area contributed by atoms with E-state index in [-0.39, 0.29) is 17.1 Å². The molecule has 8 nitrogen and oxygen atoms in total. The fraction of sp³-hybridized carbons (Fsp3) is 0.0667. The minimum atomic E-state index is -4.59. The van der Waals surface area contributed by atoms with Crippen molar-refractivity contribution < 1.29 is 37.1 Å². The third-order valence-electron chi connectivity index (χ3n) is 2.87. The van der Waals surface area contributed by atoms with Crippen molar-refractivity contribution >= 4 is 44.6 Å². The van der Waals surface area contributed by atoms with Crippen LogP contribution in [0, 0.1) is 3.57 Å². The number of para-hydroxylation sites is 1. The third-order valence-corrected chi connectivity index (χ3v) is 4.59. The molecule has 0 heterocycles. The molecule has 0 aliphatic rings. The Morgan fingerprint density at radius 1 is 1.12 bits per heavy atom. The van der Waals surface area contributed by atoms with Gasteiger partial charge in [-0.05, 0) is 59.0 Å². The first-order chi connectivity index (χ1) is 11.7. The quantitative estimate of drug-likeness (QED) is 0.298. The van der Waals surface area contributed by atoms with Crippen molar-refractivity contribution in [3.63, 3.8) is 0 Å². The van der Waals surface area contributed by atoms with Crippen LogP contribution in [0.15, 0.2) is 47.4 Å². The number of carbonyl (C=O) groups is 2. The van der Waals surface area contributed by atoms with E-state index >= 15 is 0 Å². The van der Waals surface area contributed by atoms with Gasteiger partial charge in [-0.15, -0.1) is 0 Å². The van der Waals surface area contributed by atoms with Crippen LogP contribution in [-0.4, -0.2) is 36.6 Å². The average molecular weight is 477 g/mol. The molecule has 0 radical (unpaired) electrons. The Morgan fingerprint density at radius 2 is 1.76 bits per heavy atom. The number of carbonyl (C=O) groups excluding carboxylic acids is 2. The minimum absolute atomic E-state index is 0.0226. The topological polar surface area (TPSA) is 130 Å². The van der Waals surface area contributed by atoms with Crippen LogP contribution in [-0.2, 0) is 19.6 Å². The van der Waals surface area contributed by atoms with Crippen molar-refractivity contribution in [2.75, 3.05) is 6.61 Å². The summed E-state index contributed by atoms with van der Waals surface area (Å²) in [7, 11) is -4.59. The number of phenolic OH excluding ortho intramolecular Hbond substituents is 1. The monoisotopic (exact) mass is 477 g/mol. The number of aromatic hydroxyl groups is 1. The molecule has 0 bridgehead atoms. The van der Waals surface area contributed by atoms with E-state index in [2.05, 4.69) is 0 Å². The molecule has 0 fully saturated rings. The fourth-order valence-electron chi connectivity index (χ4n) is 1.72. The molecule has 2 rings (SSSR count). The van der Waals surface area contributed by atoms with Gasteiger partial charge in [-0.1, -0.05) is 6.07 Å². The first-order valence-corrected chi connectivity index (χ1v) is 9.08. The Balaban J connectivity index is 1.94. The van der Waals surface area contributed by atoms with Crippen LogP contribution in [0.5, 0.6) is 11.5 Å². The Hall–Kier alpha value is -2.18. The van der Waals surface area contributed by atoms with Gasteiger partial charge in [0, 0.05) is 0 Å². The number of ether oxygens (including phenoxy) is 2. The van der Waals surface area contributed by atoms with Gasteiger partial charge in [-0.3, -0.25) is 0 Å². The summed E-state index contributed by atoms with van der Waals surface area (Å²) in [5.41, 5.74) is -0.0929. The Bertz CT molecular complexity index is 906. The van der Waals surface area contributed by atoms with Crippen molar-refractivity contribution in [2.24, 2.45) is 0 Å². The zero-order chi connectivity index (χ0) is 18.6. The van der Waals surface area contributed by atoms with Crippen molar-refractivity contribution in [1.29, 1.82) is 0 Å². The molecule has 0 aliphatic carbocycles. The van der Waals surface area contributed by atoms with Crippen LogP contribution in [0.2, 0.25) is 0 Å². The summed E-state index contributed by atoms with van der Waals surface area (Å²) in [6.45, 7) is -0.717. The second kappa shape index (κ2) is 7.80. The maximum atomic E-state index is 11.8. The number of hydrogen-bond acceptors (Lipinski definition) is 8. The lowest BCUT2D eigenvalue weighted by molar-refractivity contribution is -0.137. The normalized spacial score (nSPS) is 11.0. The van der Waals surface area contributed by atoms with E-state index in [1.165, 1.54) is 6.07 Å². The minimum Gasteiger partial charge on any atom is -0.744 e. The lowest BCUT2D eigenvalue weighted by Crippen LogP contribution is -2.19. The molecule has 0 saturated carbocycles. The predicted molar refractivity (Wildman–Crippen MR) is 91.1 cm³/mol.